The molecular formula is C28H23ClF3N5O3. The molecule has 0 unspecified atom stereocenters. The number of hydrogen-bond donors (Lipinski definition) is 2. The molecule has 8 nitrogen and oxygen atoms in total. The third kappa shape index (κ3) is 8.18. The summed E-state index contributed by atoms with van der Waals surface area (Å²) in [5.74, 6) is -0.132. The number of carbonyl (C=O) groups is 2. The highest BCUT2D eigenvalue weighted by molar-refractivity contribution is 6.31. The van der Waals surface area contributed by atoms with E-state index in [0.29, 0.717) is 23.6 Å². The summed E-state index contributed by atoms with van der Waals surface area (Å²) in [5, 5.41) is 4.75. The summed E-state index contributed by atoms with van der Waals surface area (Å²) >= 11 is 5.61. The molecule has 0 radical (unpaired) electrons. The van der Waals surface area contributed by atoms with Crippen LogP contribution in [-0.2, 0) is 17.5 Å². The van der Waals surface area contributed by atoms with Gasteiger partial charge in [-0.15, -0.1) is 0 Å². The Labute approximate surface area is 232 Å². The molecule has 0 aliphatic carbocycles. The average Bonchev–Trinajstić information content (AvgIpc) is 3.44. The molecular weight excluding hydrogens is 547 g/mol. The minimum absolute atomic E-state index is 0.0424. The number of ether oxygens (including phenoxy) is 1. The number of anilines is 1. The molecule has 2 aromatic carbocycles. The molecule has 2 aromatic heterocycles. The SMILES string of the molecule is O=C(/C=C/c1cccc(Oc2ccnc(C(=O)NCCCn3ccnc3)c2)c1)Nc1ccc(Cl)c(C(F)(F)F)c1. The number of alkyl halides is 3. The van der Waals surface area contributed by atoms with E-state index >= 15 is 0 Å². The van der Waals surface area contributed by atoms with E-state index in [1.54, 1.807) is 42.9 Å². The van der Waals surface area contributed by atoms with E-state index in [0.717, 1.165) is 25.1 Å². The van der Waals surface area contributed by atoms with Crippen molar-refractivity contribution in [3.8, 4) is 11.5 Å². The molecule has 0 aliphatic rings. The Hall–Kier alpha value is -4.64. The van der Waals surface area contributed by atoms with Gasteiger partial charge in [-0.05, 0) is 54.5 Å². The molecule has 4 rings (SSSR count). The van der Waals surface area contributed by atoms with Gasteiger partial charge >= 0.3 is 6.18 Å². The fraction of sp³-hybridized carbons (Fsp3) is 0.143. The molecule has 0 fully saturated rings. The molecule has 40 heavy (non-hydrogen) atoms. The Morgan fingerprint density at radius 2 is 1.88 bits per heavy atom. The van der Waals surface area contributed by atoms with E-state index in [-0.39, 0.29) is 17.3 Å². The highest BCUT2D eigenvalue weighted by atomic mass is 35.5. The van der Waals surface area contributed by atoms with Crippen molar-refractivity contribution in [3.63, 3.8) is 0 Å². The van der Waals surface area contributed by atoms with Gasteiger partial charge in [0.2, 0.25) is 5.91 Å². The lowest BCUT2D eigenvalue weighted by Crippen LogP contribution is -2.26. The van der Waals surface area contributed by atoms with Crippen LogP contribution >= 0.6 is 11.6 Å². The predicted octanol–water partition coefficient (Wildman–Crippen LogP) is 6.21. The van der Waals surface area contributed by atoms with E-state index in [1.165, 1.54) is 30.5 Å². The molecule has 12 heteroatoms. The van der Waals surface area contributed by atoms with Crippen LogP contribution in [-0.4, -0.2) is 32.9 Å². The van der Waals surface area contributed by atoms with Crippen LogP contribution in [0.5, 0.6) is 11.5 Å². The third-order valence-electron chi connectivity index (χ3n) is 5.46. The van der Waals surface area contributed by atoms with Gasteiger partial charge in [-0.25, -0.2) is 4.98 Å². The molecule has 206 valence electrons. The maximum absolute atomic E-state index is 13.0. The van der Waals surface area contributed by atoms with Crippen molar-refractivity contribution in [2.45, 2.75) is 19.1 Å². The van der Waals surface area contributed by atoms with E-state index < -0.39 is 22.7 Å². The van der Waals surface area contributed by atoms with Gasteiger partial charge in [0.15, 0.2) is 0 Å². The highest BCUT2D eigenvalue weighted by Gasteiger charge is 2.33. The van der Waals surface area contributed by atoms with Gasteiger partial charge in [-0.1, -0.05) is 23.7 Å². The van der Waals surface area contributed by atoms with Crippen LogP contribution in [0.1, 0.15) is 28.0 Å². The predicted molar refractivity (Wildman–Crippen MR) is 144 cm³/mol. The normalized spacial score (nSPS) is 11.4. The number of carbonyl (C=O) groups excluding carboxylic acids is 2. The molecule has 0 saturated carbocycles. The number of aromatic nitrogens is 3. The van der Waals surface area contributed by atoms with Crippen molar-refractivity contribution >= 4 is 35.2 Å². The molecule has 4 aromatic rings. The Bertz CT molecular complexity index is 1510. The Morgan fingerprint density at radius 1 is 1.05 bits per heavy atom. The molecule has 2 amide bonds. The Balaban J connectivity index is 1.33. The fourth-order valence-corrected chi connectivity index (χ4v) is 3.79. The number of imidazole rings is 1. The van der Waals surface area contributed by atoms with Crippen molar-refractivity contribution in [1.82, 2.24) is 19.9 Å². The van der Waals surface area contributed by atoms with E-state index in [1.807, 2.05) is 10.8 Å². The standard InChI is InChI=1S/C28H23ClF3N5O3/c29-24-7-6-20(16-23(24)28(30,31)32)36-26(38)8-5-19-3-1-4-21(15-19)40-22-9-11-34-25(17-22)27(39)35-10-2-13-37-14-12-33-18-37/h1,3-9,11-12,14-18H,2,10,13H2,(H,35,39)(H,36,38)/b8-5+. The number of amides is 2. The molecule has 2 N–H and O–H groups in total. The van der Waals surface area contributed by atoms with Crippen molar-refractivity contribution < 1.29 is 27.5 Å². The number of pyridine rings is 1. The molecule has 0 saturated heterocycles. The molecule has 0 aliphatic heterocycles. The van der Waals surface area contributed by atoms with Crippen molar-refractivity contribution in [3.05, 3.63) is 107 Å². The number of nitrogens with zero attached hydrogens (tertiary/aromatic N) is 3. The number of hydrogen-bond acceptors (Lipinski definition) is 5. The van der Waals surface area contributed by atoms with Gasteiger partial charge in [0.25, 0.3) is 5.91 Å². The highest BCUT2D eigenvalue weighted by Crippen LogP contribution is 2.36. The van der Waals surface area contributed by atoms with Crippen LogP contribution in [0, 0.1) is 0 Å². The summed E-state index contributed by atoms with van der Waals surface area (Å²) in [6.45, 7) is 1.19. The average molecular weight is 570 g/mol. The van der Waals surface area contributed by atoms with Crippen molar-refractivity contribution in [1.29, 1.82) is 0 Å². The summed E-state index contributed by atoms with van der Waals surface area (Å²) < 4.78 is 46.9. The summed E-state index contributed by atoms with van der Waals surface area (Å²) in [6.07, 6.45) is 5.46. The largest absolute Gasteiger partial charge is 0.457 e. The first kappa shape index (κ1) is 28.4. The zero-order valence-corrected chi connectivity index (χ0v) is 21.6. The van der Waals surface area contributed by atoms with Crippen LogP contribution in [0.3, 0.4) is 0 Å². The van der Waals surface area contributed by atoms with Crippen molar-refractivity contribution in [2.24, 2.45) is 0 Å². The van der Waals surface area contributed by atoms with Gasteiger partial charge in [-0.2, -0.15) is 13.2 Å². The summed E-state index contributed by atoms with van der Waals surface area (Å²) in [4.78, 5) is 32.8. The number of rotatable bonds is 10. The maximum Gasteiger partial charge on any atom is 0.417 e. The quantitative estimate of drug-likeness (QED) is 0.175. The summed E-state index contributed by atoms with van der Waals surface area (Å²) in [7, 11) is 0. The van der Waals surface area contributed by atoms with Gasteiger partial charge < -0.3 is 19.9 Å². The first-order chi connectivity index (χ1) is 19.2. The maximum atomic E-state index is 13.0. The van der Waals surface area contributed by atoms with Gasteiger partial charge in [0, 0.05) is 49.5 Å². The lowest BCUT2D eigenvalue weighted by molar-refractivity contribution is -0.137. The molecule has 0 spiro atoms. The first-order valence-electron chi connectivity index (χ1n) is 12.0. The van der Waals surface area contributed by atoms with E-state index in [4.69, 9.17) is 16.3 Å². The fourth-order valence-electron chi connectivity index (χ4n) is 3.57. The second kappa shape index (κ2) is 12.9. The number of benzene rings is 2. The van der Waals surface area contributed by atoms with Crippen LogP contribution in [0.4, 0.5) is 18.9 Å². The molecule has 0 bridgehead atoms. The third-order valence-corrected chi connectivity index (χ3v) is 5.79. The van der Waals surface area contributed by atoms with E-state index in [9.17, 15) is 22.8 Å². The minimum atomic E-state index is -4.64. The topological polar surface area (TPSA) is 98.1 Å². The van der Waals surface area contributed by atoms with Gasteiger partial charge in [0.1, 0.15) is 17.2 Å². The number of nitrogens with one attached hydrogen (secondary N) is 2. The van der Waals surface area contributed by atoms with Gasteiger partial charge in [-0.3, -0.25) is 14.6 Å². The molecule has 2 heterocycles. The Morgan fingerprint density at radius 3 is 2.65 bits per heavy atom. The minimum Gasteiger partial charge on any atom is -0.457 e. The summed E-state index contributed by atoms with van der Waals surface area (Å²) in [5.41, 5.74) is -0.282. The first-order valence-corrected chi connectivity index (χ1v) is 12.4. The molecule has 0 atom stereocenters. The van der Waals surface area contributed by atoms with Crippen LogP contribution < -0.4 is 15.4 Å². The monoisotopic (exact) mass is 569 g/mol. The van der Waals surface area contributed by atoms with Crippen molar-refractivity contribution in [2.75, 3.05) is 11.9 Å². The lowest BCUT2D eigenvalue weighted by atomic mass is 10.2. The lowest BCUT2D eigenvalue weighted by Gasteiger charge is -2.11. The second-order valence-electron chi connectivity index (χ2n) is 8.48. The second-order valence-corrected chi connectivity index (χ2v) is 8.88. The Kier molecular flexibility index (Phi) is 9.18. The van der Waals surface area contributed by atoms with Crippen LogP contribution in [0.25, 0.3) is 6.08 Å². The zero-order chi connectivity index (χ0) is 28.5. The zero-order valence-electron chi connectivity index (χ0n) is 20.9. The number of halogens is 4. The van der Waals surface area contributed by atoms with Gasteiger partial charge in [0.05, 0.1) is 16.9 Å². The van der Waals surface area contributed by atoms with Crippen LogP contribution in [0.2, 0.25) is 5.02 Å². The van der Waals surface area contributed by atoms with E-state index in [2.05, 4.69) is 20.6 Å². The summed E-state index contributed by atoms with van der Waals surface area (Å²) in [6, 6.07) is 13.0. The smallest absolute Gasteiger partial charge is 0.417 e. The number of aryl methyl sites for hydroxylation is 1. The van der Waals surface area contributed by atoms with Crippen LogP contribution in [0.15, 0.2) is 85.6 Å².